The van der Waals surface area contributed by atoms with Gasteiger partial charge in [0.1, 0.15) is 0 Å². The average molecular weight is 140 g/mol. The first-order chi connectivity index (χ1) is 4.83. The van der Waals surface area contributed by atoms with Crippen LogP contribution < -0.4 is 11.1 Å². The number of aliphatic hydroxyl groups excluding tert-OH is 1. The zero-order chi connectivity index (χ0) is 7.40. The van der Waals surface area contributed by atoms with Gasteiger partial charge < -0.3 is 16.2 Å². The molecule has 4 N–H and O–H groups in total. The molecule has 1 aliphatic heterocycles. The van der Waals surface area contributed by atoms with Crippen LogP contribution in [0.4, 0.5) is 0 Å². The topological polar surface area (TPSA) is 58.3 Å². The molecule has 0 amide bonds. The molecule has 0 radical (unpaired) electrons. The Labute approximate surface area is 60.2 Å². The van der Waals surface area contributed by atoms with Crippen molar-refractivity contribution in [3.63, 3.8) is 0 Å². The summed E-state index contributed by atoms with van der Waals surface area (Å²) < 4.78 is 0. The van der Waals surface area contributed by atoms with Crippen molar-refractivity contribution in [2.24, 2.45) is 5.73 Å². The molecule has 0 aromatic heterocycles. The van der Waals surface area contributed by atoms with Crippen LogP contribution in [0.25, 0.3) is 0 Å². The Morgan fingerprint density at radius 2 is 2.40 bits per heavy atom. The standard InChI is InChI=1S/C7H12N2O/c8-6-1-2-7(3-4-10)9-5-6/h1-2,9-10H,3-5,8H2. The fourth-order valence-corrected chi connectivity index (χ4v) is 0.833. The maximum absolute atomic E-state index is 8.55. The molecule has 0 saturated heterocycles. The van der Waals surface area contributed by atoms with Crippen LogP contribution in [-0.4, -0.2) is 18.3 Å². The predicted octanol–water partition coefficient (Wildman–Crippen LogP) is -0.302. The van der Waals surface area contributed by atoms with Gasteiger partial charge in [-0.05, 0) is 12.2 Å². The number of rotatable bonds is 2. The highest BCUT2D eigenvalue weighted by atomic mass is 16.3. The van der Waals surface area contributed by atoms with E-state index in [0.717, 1.165) is 11.4 Å². The lowest BCUT2D eigenvalue weighted by Gasteiger charge is -2.13. The minimum absolute atomic E-state index is 0.187. The first kappa shape index (κ1) is 7.15. The molecule has 0 fully saturated rings. The Hall–Kier alpha value is -0.960. The molecule has 10 heavy (non-hydrogen) atoms. The van der Waals surface area contributed by atoms with Gasteiger partial charge in [-0.2, -0.15) is 0 Å². The Bertz CT molecular complexity index is 168. The van der Waals surface area contributed by atoms with Crippen LogP contribution in [0.2, 0.25) is 0 Å². The van der Waals surface area contributed by atoms with Crippen molar-refractivity contribution < 1.29 is 5.11 Å². The van der Waals surface area contributed by atoms with Gasteiger partial charge in [-0.1, -0.05) is 0 Å². The monoisotopic (exact) mass is 140 g/mol. The lowest BCUT2D eigenvalue weighted by atomic mass is 10.2. The molecule has 0 aromatic rings. The van der Waals surface area contributed by atoms with Gasteiger partial charge in [0, 0.05) is 24.4 Å². The lowest BCUT2D eigenvalue weighted by Crippen LogP contribution is -2.23. The summed E-state index contributed by atoms with van der Waals surface area (Å²) in [4.78, 5) is 0. The van der Waals surface area contributed by atoms with E-state index in [4.69, 9.17) is 10.8 Å². The highest BCUT2D eigenvalue weighted by Crippen LogP contribution is 2.02. The van der Waals surface area contributed by atoms with E-state index in [9.17, 15) is 0 Å². The smallest absolute Gasteiger partial charge is 0.0542 e. The number of aliphatic hydroxyl groups is 1. The molecule has 3 nitrogen and oxygen atoms in total. The van der Waals surface area contributed by atoms with Crippen molar-refractivity contribution in [1.82, 2.24) is 5.32 Å². The van der Waals surface area contributed by atoms with Crippen LogP contribution in [0.1, 0.15) is 6.42 Å². The fraction of sp³-hybridized carbons (Fsp3) is 0.429. The van der Waals surface area contributed by atoms with Crippen LogP contribution >= 0.6 is 0 Å². The summed E-state index contributed by atoms with van der Waals surface area (Å²) in [6, 6.07) is 0. The van der Waals surface area contributed by atoms with Gasteiger partial charge in [0.25, 0.3) is 0 Å². The molecule has 0 saturated carbocycles. The van der Waals surface area contributed by atoms with Crippen LogP contribution in [0.3, 0.4) is 0 Å². The highest BCUT2D eigenvalue weighted by Gasteiger charge is 1.99. The molecule has 1 rings (SSSR count). The van der Waals surface area contributed by atoms with E-state index in [1.807, 2.05) is 12.2 Å². The molecule has 0 aliphatic carbocycles. The quantitative estimate of drug-likeness (QED) is 0.493. The summed E-state index contributed by atoms with van der Waals surface area (Å²) in [5.74, 6) is 0. The molecule has 56 valence electrons. The number of nitrogens with two attached hydrogens (primary N) is 1. The summed E-state index contributed by atoms with van der Waals surface area (Å²) in [5.41, 5.74) is 7.37. The third-order valence-electron chi connectivity index (χ3n) is 1.40. The van der Waals surface area contributed by atoms with Gasteiger partial charge >= 0.3 is 0 Å². The highest BCUT2D eigenvalue weighted by molar-refractivity contribution is 5.21. The first-order valence-corrected chi connectivity index (χ1v) is 3.33. The number of hydrogen-bond donors (Lipinski definition) is 3. The van der Waals surface area contributed by atoms with Crippen molar-refractivity contribution in [2.45, 2.75) is 6.42 Å². The van der Waals surface area contributed by atoms with Crippen molar-refractivity contribution in [3.05, 3.63) is 23.5 Å². The molecule has 1 heterocycles. The van der Waals surface area contributed by atoms with E-state index >= 15 is 0 Å². The minimum Gasteiger partial charge on any atom is -0.401 e. The Morgan fingerprint density at radius 1 is 1.60 bits per heavy atom. The number of hydrogen-bond acceptors (Lipinski definition) is 3. The predicted molar refractivity (Wildman–Crippen MR) is 40.1 cm³/mol. The molecule has 3 heteroatoms. The van der Waals surface area contributed by atoms with Gasteiger partial charge in [-0.15, -0.1) is 0 Å². The Balaban J connectivity index is 2.47. The SMILES string of the molecule is NC1=CC=C(CCO)NC1. The zero-order valence-electron chi connectivity index (χ0n) is 5.80. The van der Waals surface area contributed by atoms with Gasteiger partial charge in [-0.3, -0.25) is 0 Å². The summed E-state index contributed by atoms with van der Waals surface area (Å²) >= 11 is 0. The maximum Gasteiger partial charge on any atom is 0.0542 e. The van der Waals surface area contributed by atoms with E-state index in [1.165, 1.54) is 0 Å². The molecule has 0 spiro atoms. The van der Waals surface area contributed by atoms with Crippen LogP contribution in [0.5, 0.6) is 0 Å². The Kier molecular flexibility index (Phi) is 2.34. The van der Waals surface area contributed by atoms with Crippen LogP contribution in [0, 0.1) is 0 Å². The maximum atomic E-state index is 8.55. The second kappa shape index (κ2) is 3.27. The first-order valence-electron chi connectivity index (χ1n) is 3.33. The zero-order valence-corrected chi connectivity index (χ0v) is 5.80. The second-order valence-electron chi connectivity index (χ2n) is 2.26. The largest absolute Gasteiger partial charge is 0.401 e. The summed E-state index contributed by atoms with van der Waals surface area (Å²) in [6.07, 6.45) is 4.44. The van der Waals surface area contributed by atoms with Gasteiger partial charge in [0.2, 0.25) is 0 Å². The van der Waals surface area contributed by atoms with E-state index in [2.05, 4.69) is 5.32 Å². The normalized spacial score (nSPS) is 17.3. The molecular formula is C7H12N2O. The number of dihydropyridines is 1. The second-order valence-corrected chi connectivity index (χ2v) is 2.26. The minimum atomic E-state index is 0.187. The number of nitrogens with one attached hydrogen (secondary N) is 1. The summed E-state index contributed by atoms with van der Waals surface area (Å²) in [7, 11) is 0. The lowest BCUT2D eigenvalue weighted by molar-refractivity contribution is 0.296. The van der Waals surface area contributed by atoms with Crippen molar-refractivity contribution >= 4 is 0 Å². The van der Waals surface area contributed by atoms with Gasteiger partial charge in [0.05, 0.1) is 6.54 Å². The molecular weight excluding hydrogens is 128 g/mol. The van der Waals surface area contributed by atoms with E-state index in [0.29, 0.717) is 13.0 Å². The third kappa shape index (κ3) is 1.77. The Morgan fingerprint density at radius 3 is 2.90 bits per heavy atom. The fourth-order valence-electron chi connectivity index (χ4n) is 0.833. The van der Waals surface area contributed by atoms with Gasteiger partial charge in [-0.25, -0.2) is 0 Å². The number of allylic oxidation sites excluding steroid dienone is 2. The average Bonchev–Trinajstić information content (AvgIpc) is 1.95. The third-order valence-corrected chi connectivity index (χ3v) is 1.40. The van der Waals surface area contributed by atoms with Crippen LogP contribution in [0.15, 0.2) is 23.5 Å². The van der Waals surface area contributed by atoms with Crippen LogP contribution in [-0.2, 0) is 0 Å². The van der Waals surface area contributed by atoms with E-state index in [-0.39, 0.29) is 6.61 Å². The summed E-state index contributed by atoms with van der Waals surface area (Å²) in [5, 5.41) is 11.6. The van der Waals surface area contributed by atoms with E-state index < -0.39 is 0 Å². The molecule has 0 unspecified atom stereocenters. The summed E-state index contributed by atoms with van der Waals surface area (Å²) in [6.45, 7) is 0.887. The van der Waals surface area contributed by atoms with Crippen molar-refractivity contribution in [1.29, 1.82) is 0 Å². The van der Waals surface area contributed by atoms with Crippen molar-refractivity contribution in [3.8, 4) is 0 Å². The molecule has 0 atom stereocenters. The van der Waals surface area contributed by atoms with Gasteiger partial charge in [0.15, 0.2) is 0 Å². The van der Waals surface area contributed by atoms with Crippen molar-refractivity contribution in [2.75, 3.05) is 13.2 Å². The molecule has 1 aliphatic rings. The molecule has 0 bridgehead atoms. The van der Waals surface area contributed by atoms with E-state index in [1.54, 1.807) is 0 Å². The molecule has 0 aromatic carbocycles.